The summed E-state index contributed by atoms with van der Waals surface area (Å²) in [5.74, 6) is 6.70. The lowest BCUT2D eigenvalue weighted by Crippen LogP contribution is -2.51. The van der Waals surface area contributed by atoms with Crippen LogP contribution in [0.4, 0.5) is 0 Å². The molecule has 0 aromatic rings. The van der Waals surface area contributed by atoms with Gasteiger partial charge in [-0.1, -0.05) is 78.9 Å². The van der Waals surface area contributed by atoms with Crippen molar-refractivity contribution in [1.82, 2.24) is 0 Å². The monoisotopic (exact) mass is 398 g/mol. The highest BCUT2D eigenvalue weighted by Gasteiger charge is 2.58. The third-order valence-corrected chi connectivity index (χ3v) is 11.4. The Labute approximate surface area is 182 Å². The average molecular weight is 399 g/mol. The Hall–Kier alpha value is -0.260. The molecule has 0 N–H and O–H groups in total. The summed E-state index contributed by atoms with van der Waals surface area (Å²) in [5.41, 5.74) is 2.98. The van der Waals surface area contributed by atoms with Gasteiger partial charge in [0.25, 0.3) is 0 Å². The molecule has 4 rings (SSSR count). The molecule has 0 heteroatoms. The van der Waals surface area contributed by atoms with E-state index in [0.717, 1.165) is 41.4 Å². The van der Waals surface area contributed by atoms with Crippen molar-refractivity contribution in [2.45, 2.75) is 119 Å². The highest BCUT2D eigenvalue weighted by molar-refractivity contribution is 5.21. The SMILES string of the molecule is CCC(C)C1C(C2(C)CCCCC2C)CCC2(C)C(C(C)CCC3=CC3)CCC12. The van der Waals surface area contributed by atoms with E-state index in [4.69, 9.17) is 0 Å². The van der Waals surface area contributed by atoms with E-state index in [1.165, 1.54) is 77.0 Å². The molecule has 0 bridgehead atoms. The number of hydrogen-bond acceptors (Lipinski definition) is 0. The van der Waals surface area contributed by atoms with Gasteiger partial charge in [0.2, 0.25) is 0 Å². The van der Waals surface area contributed by atoms with Gasteiger partial charge in [-0.2, -0.15) is 0 Å². The zero-order valence-electron chi connectivity index (χ0n) is 20.6. The Morgan fingerprint density at radius 1 is 0.931 bits per heavy atom. The molecule has 0 aromatic carbocycles. The molecule has 0 aromatic heterocycles. The molecule has 3 fully saturated rings. The molecule has 3 saturated carbocycles. The Bertz CT molecular complexity index is 601. The Balaban J connectivity index is 1.57. The molecule has 4 aliphatic rings. The van der Waals surface area contributed by atoms with E-state index in [1.54, 1.807) is 5.57 Å². The molecule has 0 saturated heterocycles. The van der Waals surface area contributed by atoms with Gasteiger partial charge in [0, 0.05) is 0 Å². The van der Waals surface area contributed by atoms with Gasteiger partial charge in [0.15, 0.2) is 0 Å². The van der Waals surface area contributed by atoms with Crippen LogP contribution in [-0.2, 0) is 0 Å². The molecular formula is C29H50. The van der Waals surface area contributed by atoms with E-state index >= 15 is 0 Å². The quantitative estimate of drug-likeness (QED) is 0.375. The largest absolute Gasteiger partial charge is 0.0810 e. The molecule has 0 aliphatic heterocycles. The van der Waals surface area contributed by atoms with E-state index in [1.807, 2.05) is 0 Å². The van der Waals surface area contributed by atoms with Gasteiger partial charge < -0.3 is 0 Å². The predicted molar refractivity (Wildman–Crippen MR) is 127 cm³/mol. The van der Waals surface area contributed by atoms with Gasteiger partial charge in [-0.3, -0.25) is 0 Å². The van der Waals surface area contributed by atoms with Crippen LogP contribution in [0.5, 0.6) is 0 Å². The molecule has 0 heterocycles. The minimum Gasteiger partial charge on any atom is -0.0810 e. The van der Waals surface area contributed by atoms with Crippen LogP contribution in [0.2, 0.25) is 0 Å². The minimum atomic E-state index is 0.607. The first-order valence-corrected chi connectivity index (χ1v) is 13.5. The number of allylic oxidation sites excluding steroid dienone is 2. The van der Waals surface area contributed by atoms with E-state index < -0.39 is 0 Å². The maximum absolute atomic E-state index is 2.75. The van der Waals surface area contributed by atoms with E-state index in [-0.39, 0.29) is 0 Å². The van der Waals surface area contributed by atoms with Crippen LogP contribution < -0.4 is 0 Å². The van der Waals surface area contributed by atoms with Crippen molar-refractivity contribution < 1.29 is 0 Å². The molecule has 9 atom stereocenters. The molecule has 4 aliphatic carbocycles. The Kier molecular flexibility index (Phi) is 6.32. The standard InChI is InChI=1S/C29H50/c1-7-20(2)27-25-16-15-24(21(3)11-12-23-13-14-23)29(25,6)19-17-26(27)28(5)18-9-8-10-22(28)4/h13,20-22,24-27H,7-12,14-19H2,1-6H3. The van der Waals surface area contributed by atoms with Crippen molar-refractivity contribution in [3.05, 3.63) is 11.6 Å². The van der Waals surface area contributed by atoms with Gasteiger partial charge >= 0.3 is 0 Å². The smallest absolute Gasteiger partial charge is 0.0136 e. The van der Waals surface area contributed by atoms with Gasteiger partial charge in [-0.25, -0.2) is 0 Å². The number of rotatable bonds is 7. The van der Waals surface area contributed by atoms with Crippen molar-refractivity contribution in [2.24, 2.45) is 52.3 Å². The van der Waals surface area contributed by atoms with Crippen LogP contribution in [-0.4, -0.2) is 0 Å². The van der Waals surface area contributed by atoms with Crippen LogP contribution in [0.25, 0.3) is 0 Å². The molecule has 29 heavy (non-hydrogen) atoms. The first kappa shape index (κ1) is 22.0. The molecule has 166 valence electrons. The summed E-state index contributed by atoms with van der Waals surface area (Å²) in [4.78, 5) is 0. The highest BCUT2D eigenvalue weighted by Crippen LogP contribution is 2.66. The molecule has 0 radical (unpaired) electrons. The van der Waals surface area contributed by atoms with Crippen LogP contribution in [0.15, 0.2) is 11.6 Å². The summed E-state index contributed by atoms with van der Waals surface area (Å²) in [6.45, 7) is 15.8. The van der Waals surface area contributed by atoms with Crippen LogP contribution in [0.3, 0.4) is 0 Å². The minimum absolute atomic E-state index is 0.607. The third kappa shape index (κ3) is 3.89. The molecule has 0 amide bonds. The fourth-order valence-electron chi connectivity index (χ4n) is 8.98. The summed E-state index contributed by atoms with van der Waals surface area (Å²) >= 11 is 0. The Morgan fingerprint density at radius 2 is 1.66 bits per heavy atom. The van der Waals surface area contributed by atoms with Crippen molar-refractivity contribution in [2.75, 3.05) is 0 Å². The van der Waals surface area contributed by atoms with Crippen molar-refractivity contribution in [3.8, 4) is 0 Å². The van der Waals surface area contributed by atoms with Gasteiger partial charge in [-0.15, -0.1) is 0 Å². The third-order valence-electron chi connectivity index (χ3n) is 11.4. The lowest BCUT2D eigenvalue weighted by atomic mass is 9.46. The fourth-order valence-corrected chi connectivity index (χ4v) is 8.98. The fraction of sp³-hybridized carbons (Fsp3) is 0.931. The summed E-state index contributed by atoms with van der Waals surface area (Å²) in [6.07, 6.45) is 20.1. The van der Waals surface area contributed by atoms with Gasteiger partial charge in [0.05, 0.1) is 0 Å². The second kappa shape index (κ2) is 8.35. The number of hydrogen-bond donors (Lipinski definition) is 0. The molecule has 0 spiro atoms. The van der Waals surface area contributed by atoms with E-state index in [2.05, 4.69) is 47.6 Å². The zero-order valence-corrected chi connectivity index (χ0v) is 20.6. The zero-order chi connectivity index (χ0) is 20.8. The average Bonchev–Trinajstić information content (AvgIpc) is 3.47. The lowest BCUT2D eigenvalue weighted by molar-refractivity contribution is -0.0958. The van der Waals surface area contributed by atoms with Gasteiger partial charge in [0.1, 0.15) is 0 Å². The second-order valence-electron chi connectivity index (χ2n) is 12.6. The lowest BCUT2D eigenvalue weighted by Gasteiger charge is -2.58. The normalized spacial score (nSPS) is 46.7. The second-order valence-corrected chi connectivity index (χ2v) is 12.6. The first-order chi connectivity index (χ1) is 13.8. The summed E-state index contributed by atoms with van der Waals surface area (Å²) in [5, 5.41) is 0. The highest BCUT2D eigenvalue weighted by atomic mass is 14.6. The summed E-state index contributed by atoms with van der Waals surface area (Å²) < 4.78 is 0. The molecule has 0 nitrogen and oxygen atoms in total. The van der Waals surface area contributed by atoms with Gasteiger partial charge in [-0.05, 0) is 104 Å². The maximum Gasteiger partial charge on any atom is -0.0136 e. The van der Waals surface area contributed by atoms with Crippen molar-refractivity contribution in [1.29, 1.82) is 0 Å². The van der Waals surface area contributed by atoms with Crippen molar-refractivity contribution >= 4 is 0 Å². The summed E-state index contributed by atoms with van der Waals surface area (Å²) in [7, 11) is 0. The van der Waals surface area contributed by atoms with E-state index in [0.29, 0.717) is 10.8 Å². The molecular weight excluding hydrogens is 348 g/mol. The number of fused-ring (bicyclic) bond motifs is 1. The van der Waals surface area contributed by atoms with Crippen LogP contribution in [0.1, 0.15) is 119 Å². The van der Waals surface area contributed by atoms with E-state index in [9.17, 15) is 0 Å². The summed E-state index contributed by atoms with van der Waals surface area (Å²) in [6, 6.07) is 0. The Morgan fingerprint density at radius 3 is 2.31 bits per heavy atom. The topological polar surface area (TPSA) is 0 Å². The van der Waals surface area contributed by atoms with Crippen LogP contribution in [0, 0.1) is 52.3 Å². The van der Waals surface area contributed by atoms with Crippen molar-refractivity contribution in [3.63, 3.8) is 0 Å². The predicted octanol–water partition coefficient (Wildman–Crippen LogP) is 9.05. The first-order valence-electron chi connectivity index (χ1n) is 13.5. The molecule has 9 unspecified atom stereocenters. The maximum atomic E-state index is 2.75. The van der Waals surface area contributed by atoms with Crippen LogP contribution >= 0.6 is 0 Å².